The van der Waals surface area contributed by atoms with Gasteiger partial charge in [-0.1, -0.05) is 0 Å². The molecule has 0 unspecified atom stereocenters. The Bertz CT molecular complexity index is 174. The second kappa shape index (κ2) is 4.47. The van der Waals surface area contributed by atoms with Gasteiger partial charge in [-0.05, 0) is 0 Å². The van der Waals surface area contributed by atoms with E-state index in [2.05, 4.69) is 9.47 Å². The molecule has 0 bridgehead atoms. The highest BCUT2D eigenvalue weighted by atomic mass is 19.4. The molecule has 0 aliphatic rings. The lowest BCUT2D eigenvalue weighted by Crippen LogP contribution is -2.35. The van der Waals surface area contributed by atoms with Crippen LogP contribution in [0.25, 0.3) is 0 Å². The summed E-state index contributed by atoms with van der Waals surface area (Å²) in [4.78, 5) is 0. The lowest BCUT2D eigenvalue weighted by molar-refractivity contribution is -0.364. The fourth-order valence-corrected chi connectivity index (χ4v) is 0.417. The van der Waals surface area contributed by atoms with E-state index in [0.29, 0.717) is 0 Å². The summed E-state index contributed by atoms with van der Waals surface area (Å²) in [6.07, 6.45) is -10.7. The largest absolute Gasteiger partial charge is 0.522 e. The molecule has 0 rings (SSSR count). The van der Waals surface area contributed by atoms with Gasteiger partial charge in [0.05, 0.1) is 0 Å². The normalized spacial score (nSPS) is 14.4. The van der Waals surface area contributed by atoms with Crippen LogP contribution in [0.2, 0.25) is 0 Å². The first-order chi connectivity index (χ1) is 6.41. The van der Waals surface area contributed by atoms with Crippen molar-refractivity contribution in [1.82, 2.24) is 0 Å². The van der Waals surface area contributed by atoms with E-state index in [0.717, 1.165) is 0 Å². The Morgan fingerprint density at radius 3 is 1.07 bits per heavy atom. The quantitative estimate of drug-likeness (QED) is 0.712. The van der Waals surface area contributed by atoms with Crippen molar-refractivity contribution < 1.29 is 44.6 Å². The molecule has 2 nitrogen and oxygen atoms in total. The summed E-state index contributed by atoms with van der Waals surface area (Å²) >= 11 is 0. The van der Waals surface area contributed by atoms with E-state index in [9.17, 15) is 35.1 Å². The Morgan fingerprint density at radius 2 is 0.867 bits per heavy atom. The highest BCUT2D eigenvalue weighted by Crippen LogP contribution is 2.25. The monoisotopic (exact) mass is 248 g/mol. The van der Waals surface area contributed by atoms with Crippen molar-refractivity contribution in [2.75, 3.05) is 13.2 Å². The first-order valence-electron chi connectivity index (χ1n) is 3.20. The SMILES string of the molecule is FC(F)(COC(F)(F)F)COC(F)(F)F. The molecule has 10 heteroatoms. The van der Waals surface area contributed by atoms with Crippen LogP contribution in [0, 0.1) is 0 Å². The summed E-state index contributed by atoms with van der Waals surface area (Å²) in [5, 5.41) is 0. The zero-order valence-corrected chi connectivity index (χ0v) is 6.75. The van der Waals surface area contributed by atoms with Gasteiger partial charge >= 0.3 is 12.7 Å². The molecule has 0 aromatic heterocycles. The second-order valence-corrected chi connectivity index (χ2v) is 2.32. The van der Waals surface area contributed by atoms with Gasteiger partial charge in [0.15, 0.2) is 0 Å². The molecule has 0 aliphatic heterocycles. The minimum absolute atomic E-state index is 2.23. The second-order valence-electron chi connectivity index (χ2n) is 2.32. The van der Waals surface area contributed by atoms with Gasteiger partial charge in [0.2, 0.25) is 0 Å². The fourth-order valence-electron chi connectivity index (χ4n) is 0.417. The van der Waals surface area contributed by atoms with Crippen molar-refractivity contribution in [2.24, 2.45) is 0 Å². The van der Waals surface area contributed by atoms with Crippen LogP contribution in [-0.2, 0) is 9.47 Å². The lowest BCUT2D eigenvalue weighted by Gasteiger charge is -2.18. The maximum Gasteiger partial charge on any atom is 0.522 e. The summed E-state index contributed by atoms with van der Waals surface area (Å²) in [5.41, 5.74) is 0. The molecular weight excluding hydrogens is 244 g/mol. The minimum Gasteiger partial charge on any atom is -0.285 e. The van der Waals surface area contributed by atoms with Crippen LogP contribution in [0.5, 0.6) is 0 Å². The Balaban J connectivity index is 3.98. The third-order valence-corrected chi connectivity index (χ3v) is 0.894. The molecule has 0 N–H and O–H groups in total. The zero-order valence-electron chi connectivity index (χ0n) is 6.75. The van der Waals surface area contributed by atoms with Gasteiger partial charge in [0, 0.05) is 0 Å². The molecule has 0 atom stereocenters. The molecule has 0 saturated carbocycles. The van der Waals surface area contributed by atoms with E-state index in [1.165, 1.54) is 0 Å². The third-order valence-electron chi connectivity index (χ3n) is 0.894. The topological polar surface area (TPSA) is 18.5 Å². The number of hydrogen-bond acceptors (Lipinski definition) is 2. The summed E-state index contributed by atoms with van der Waals surface area (Å²) in [5.74, 6) is -4.37. The van der Waals surface area contributed by atoms with Crippen molar-refractivity contribution in [3.63, 3.8) is 0 Å². The van der Waals surface area contributed by atoms with E-state index >= 15 is 0 Å². The molecule has 0 aromatic rings. The zero-order chi connectivity index (χ0) is 12.3. The van der Waals surface area contributed by atoms with E-state index in [4.69, 9.17) is 0 Å². The molecule has 15 heavy (non-hydrogen) atoms. The van der Waals surface area contributed by atoms with Crippen LogP contribution in [0.4, 0.5) is 35.1 Å². The highest BCUT2D eigenvalue weighted by molar-refractivity contribution is 4.64. The summed E-state index contributed by atoms with van der Waals surface area (Å²) in [6.45, 7) is -4.46. The van der Waals surface area contributed by atoms with Crippen molar-refractivity contribution in [3.8, 4) is 0 Å². The first-order valence-corrected chi connectivity index (χ1v) is 3.20. The predicted octanol–water partition coefficient (Wildman–Crippen LogP) is 2.69. The van der Waals surface area contributed by atoms with Gasteiger partial charge in [0.25, 0.3) is 5.92 Å². The van der Waals surface area contributed by atoms with Gasteiger partial charge in [-0.25, -0.2) is 8.78 Å². The predicted molar refractivity (Wildman–Crippen MR) is 29.0 cm³/mol. The number of rotatable bonds is 4. The molecule has 92 valence electrons. The number of alkyl halides is 8. The smallest absolute Gasteiger partial charge is 0.285 e. The maximum absolute atomic E-state index is 12.2. The molecule has 0 heterocycles. The molecule has 0 aliphatic carbocycles. The van der Waals surface area contributed by atoms with Gasteiger partial charge < -0.3 is 0 Å². The summed E-state index contributed by atoms with van der Waals surface area (Å²) in [6, 6.07) is 0. The molecule has 0 amide bonds. The Morgan fingerprint density at radius 1 is 0.600 bits per heavy atom. The molecule has 0 fully saturated rings. The fraction of sp³-hybridized carbons (Fsp3) is 1.00. The number of hydrogen-bond donors (Lipinski definition) is 0. The van der Waals surface area contributed by atoms with Crippen molar-refractivity contribution in [2.45, 2.75) is 18.6 Å². The molecule has 0 spiro atoms. The van der Waals surface area contributed by atoms with Gasteiger partial charge in [-0.15, -0.1) is 26.3 Å². The number of ether oxygens (including phenoxy) is 2. The van der Waals surface area contributed by atoms with Crippen LogP contribution < -0.4 is 0 Å². The molecule has 0 saturated heterocycles. The van der Waals surface area contributed by atoms with Crippen LogP contribution in [0.15, 0.2) is 0 Å². The summed E-state index contributed by atoms with van der Waals surface area (Å²) in [7, 11) is 0. The van der Waals surface area contributed by atoms with E-state index in [-0.39, 0.29) is 0 Å². The molecular formula is C5H4F8O2. The Hall–Kier alpha value is -0.640. The van der Waals surface area contributed by atoms with Crippen LogP contribution in [0.1, 0.15) is 0 Å². The number of halogens is 8. The molecule has 0 aromatic carbocycles. The standard InChI is InChI=1S/C5H4F8O2/c6-3(7,1-14-4(8,9)10)2-15-5(11,12)13/h1-2H2. The minimum atomic E-state index is -5.33. The van der Waals surface area contributed by atoms with Crippen molar-refractivity contribution in [3.05, 3.63) is 0 Å². The van der Waals surface area contributed by atoms with E-state index in [1.807, 2.05) is 0 Å². The summed E-state index contributed by atoms with van der Waals surface area (Å²) < 4.78 is 97.2. The van der Waals surface area contributed by atoms with Crippen LogP contribution in [-0.4, -0.2) is 31.9 Å². The highest BCUT2D eigenvalue weighted by Gasteiger charge is 2.41. The molecule has 0 radical (unpaired) electrons. The van der Waals surface area contributed by atoms with Crippen LogP contribution >= 0.6 is 0 Å². The van der Waals surface area contributed by atoms with Gasteiger partial charge in [-0.3, -0.25) is 9.47 Å². The maximum atomic E-state index is 12.2. The third kappa shape index (κ3) is 9.66. The van der Waals surface area contributed by atoms with Gasteiger partial charge in [0.1, 0.15) is 13.2 Å². The Kier molecular flexibility index (Phi) is 4.28. The van der Waals surface area contributed by atoms with Crippen molar-refractivity contribution >= 4 is 0 Å². The average molecular weight is 248 g/mol. The average Bonchev–Trinajstić information content (AvgIpc) is 1.96. The Labute approximate surface area is 77.8 Å². The van der Waals surface area contributed by atoms with E-state index in [1.54, 1.807) is 0 Å². The van der Waals surface area contributed by atoms with Crippen LogP contribution in [0.3, 0.4) is 0 Å². The van der Waals surface area contributed by atoms with E-state index < -0.39 is 31.9 Å². The first kappa shape index (κ1) is 14.4. The van der Waals surface area contributed by atoms with Gasteiger partial charge in [-0.2, -0.15) is 0 Å². The van der Waals surface area contributed by atoms with Crippen molar-refractivity contribution in [1.29, 1.82) is 0 Å². The lowest BCUT2D eigenvalue weighted by atomic mass is 10.4.